The van der Waals surface area contributed by atoms with Gasteiger partial charge in [-0.2, -0.15) is 0 Å². The van der Waals surface area contributed by atoms with Gasteiger partial charge in [-0.25, -0.2) is 0 Å². The van der Waals surface area contributed by atoms with E-state index >= 15 is 0 Å². The van der Waals surface area contributed by atoms with Gasteiger partial charge in [0.25, 0.3) is 0 Å². The Balaban J connectivity index is 3.72. The van der Waals surface area contributed by atoms with Crippen LogP contribution in [0.1, 0.15) is 52.9 Å². The maximum atomic E-state index is 5.38. The standard InChI is InChI=1S/C12H27NO/c1-5-7-8-9-12(11(3)14-4)13-10-6-2/h11-13H,5-10H2,1-4H3. The lowest BCUT2D eigenvalue weighted by atomic mass is 10.0. The summed E-state index contributed by atoms with van der Waals surface area (Å²) in [6.07, 6.45) is 6.70. The Labute approximate surface area is 89.4 Å². The van der Waals surface area contributed by atoms with Gasteiger partial charge >= 0.3 is 0 Å². The quantitative estimate of drug-likeness (QED) is 0.579. The first-order chi connectivity index (χ1) is 6.76. The molecule has 14 heavy (non-hydrogen) atoms. The van der Waals surface area contributed by atoms with Crippen molar-refractivity contribution in [1.29, 1.82) is 0 Å². The van der Waals surface area contributed by atoms with Gasteiger partial charge in [-0.3, -0.25) is 0 Å². The molecule has 1 N–H and O–H groups in total. The average molecular weight is 201 g/mol. The Hall–Kier alpha value is -0.0800. The fourth-order valence-electron chi connectivity index (χ4n) is 1.61. The maximum absolute atomic E-state index is 5.38. The van der Waals surface area contributed by atoms with E-state index in [4.69, 9.17) is 4.74 Å². The lowest BCUT2D eigenvalue weighted by Crippen LogP contribution is -2.39. The van der Waals surface area contributed by atoms with Crippen LogP contribution in [-0.4, -0.2) is 25.8 Å². The highest BCUT2D eigenvalue weighted by molar-refractivity contribution is 4.73. The molecule has 0 bridgehead atoms. The van der Waals surface area contributed by atoms with Crippen LogP contribution < -0.4 is 5.32 Å². The van der Waals surface area contributed by atoms with E-state index in [0.29, 0.717) is 12.1 Å². The molecule has 0 spiro atoms. The van der Waals surface area contributed by atoms with E-state index in [2.05, 4.69) is 26.1 Å². The van der Waals surface area contributed by atoms with Crippen LogP contribution in [0.3, 0.4) is 0 Å². The summed E-state index contributed by atoms with van der Waals surface area (Å²) in [6, 6.07) is 0.534. The van der Waals surface area contributed by atoms with Crippen LogP contribution in [0.15, 0.2) is 0 Å². The maximum Gasteiger partial charge on any atom is 0.0696 e. The molecule has 2 heteroatoms. The molecule has 0 aliphatic carbocycles. The molecule has 0 heterocycles. The predicted molar refractivity (Wildman–Crippen MR) is 62.7 cm³/mol. The summed E-state index contributed by atoms with van der Waals surface area (Å²) in [5.74, 6) is 0. The van der Waals surface area contributed by atoms with E-state index in [1.54, 1.807) is 7.11 Å². The van der Waals surface area contributed by atoms with Crippen molar-refractivity contribution in [2.45, 2.75) is 65.0 Å². The molecule has 0 radical (unpaired) electrons. The predicted octanol–water partition coefficient (Wildman–Crippen LogP) is 2.97. The Morgan fingerprint density at radius 3 is 2.36 bits per heavy atom. The van der Waals surface area contributed by atoms with E-state index in [1.807, 2.05) is 0 Å². The molecular weight excluding hydrogens is 174 g/mol. The molecule has 2 nitrogen and oxygen atoms in total. The van der Waals surface area contributed by atoms with Gasteiger partial charge in [0.05, 0.1) is 6.10 Å². The van der Waals surface area contributed by atoms with Crippen molar-refractivity contribution in [2.75, 3.05) is 13.7 Å². The van der Waals surface area contributed by atoms with Crippen LogP contribution in [0.5, 0.6) is 0 Å². The largest absolute Gasteiger partial charge is 0.380 e. The molecule has 0 aromatic heterocycles. The van der Waals surface area contributed by atoms with Crippen molar-refractivity contribution < 1.29 is 4.74 Å². The summed E-state index contributed by atoms with van der Waals surface area (Å²) in [4.78, 5) is 0. The molecular formula is C12H27NO. The van der Waals surface area contributed by atoms with Crippen molar-refractivity contribution >= 4 is 0 Å². The molecule has 0 fully saturated rings. The third-order valence-corrected chi connectivity index (χ3v) is 2.71. The summed E-state index contributed by atoms with van der Waals surface area (Å²) in [7, 11) is 1.80. The first-order valence-electron chi connectivity index (χ1n) is 6.02. The Kier molecular flexibility index (Phi) is 9.42. The zero-order valence-electron chi connectivity index (χ0n) is 10.3. The lowest BCUT2D eigenvalue weighted by molar-refractivity contribution is 0.0791. The van der Waals surface area contributed by atoms with Gasteiger partial charge in [-0.15, -0.1) is 0 Å². The second-order valence-corrected chi connectivity index (χ2v) is 4.00. The van der Waals surface area contributed by atoms with Crippen LogP contribution in [0, 0.1) is 0 Å². The molecule has 2 atom stereocenters. The minimum absolute atomic E-state index is 0.332. The zero-order valence-corrected chi connectivity index (χ0v) is 10.3. The SMILES string of the molecule is CCCCCC(NCCC)C(C)OC. The Morgan fingerprint density at radius 1 is 1.14 bits per heavy atom. The highest BCUT2D eigenvalue weighted by Gasteiger charge is 2.14. The minimum Gasteiger partial charge on any atom is -0.380 e. The highest BCUT2D eigenvalue weighted by Crippen LogP contribution is 2.08. The number of unbranched alkanes of at least 4 members (excludes halogenated alkanes) is 2. The fraction of sp³-hybridized carbons (Fsp3) is 1.00. The van der Waals surface area contributed by atoms with Crippen LogP contribution >= 0.6 is 0 Å². The minimum atomic E-state index is 0.332. The summed E-state index contributed by atoms with van der Waals surface area (Å²) < 4.78 is 5.38. The van der Waals surface area contributed by atoms with Gasteiger partial charge in [0.1, 0.15) is 0 Å². The molecule has 0 aliphatic rings. The highest BCUT2D eigenvalue weighted by atomic mass is 16.5. The van der Waals surface area contributed by atoms with Crippen LogP contribution in [0.2, 0.25) is 0 Å². The van der Waals surface area contributed by atoms with E-state index in [0.717, 1.165) is 6.54 Å². The molecule has 0 aliphatic heterocycles. The summed E-state index contributed by atoms with van der Waals surface area (Å²) >= 11 is 0. The third-order valence-electron chi connectivity index (χ3n) is 2.71. The van der Waals surface area contributed by atoms with Crippen molar-refractivity contribution in [3.63, 3.8) is 0 Å². The molecule has 86 valence electrons. The fourth-order valence-corrected chi connectivity index (χ4v) is 1.61. The van der Waals surface area contributed by atoms with Gasteiger partial charge in [0.15, 0.2) is 0 Å². The zero-order chi connectivity index (χ0) is 10.8. The van der Waals surface area contributed by atoms with Crippen LogP contribution in [0.25, 0.3) is 0 Å². The summed E-state index contributed by atoms with van der Waals surface area (Å²) in [5.41, 5.74) is 0. The molecule has 2 unspecified atom stereocenters. The Bertz CT molecular complexity index is 117. The second-order valence-electron chi connectivity index (χ2n) is 4.00. The van der Waals surface area contributed by atoms with Gasteiger partial charge < -0.3 is 10.1 Å². The monoisotopic (exact) mass is 201 g/mol. The molecule has 0 rings (SSSR count). The molecule has 0 saturated heterocycles. The third kappa shape index (κ3) is 6.39. The number of rotatable bonds is 9. The smallest absolute Gasteiger partial charge is 0.0696 e. The van der Waals surface area contributed by atoms with E-state index in [-0.39, 0.29) is 0 Å². The van der Waals surface area contributed by atoms with Gasteiger partial charge in [-0.05, 0) is 26.3 Å². The number of hydrogen-bond acceptors (Lipinski definition) is 2. The molecule has 0 saturated carbocycles. The average Bonchev–Trinajstić information content (AvgIpc) is 2.22. The van der Waals surface area contributed by atoms with E-state index in [9.17, 15) is 0 Å². The number of hydrogen-bond donors (Lipinski definition) is 1. The van der Waals surface area contributed by atoms with Gasteiger partial charge in [-0.1, -0.05) is 33.1 Å². The van der Waals surface area contributed by atoms with E-state index < -0.39 is 0 Å². The topological polar surface area (TPSA) is 21.3 Å². The van der Waals surface area contributed by atoms with Gasteiger partial charge in [0.2, 0.25) is 0 Å². The molecule has 0 amide bonds. The van der Waals surface area contributed by atoms with E-state index in [1.165, 1.54) is 32.1 Å². The van der Waals surface area contributed by atoms with Crippen molar-refractivity contribution in [3.8, 4) is 0 Å². The second kappa shape index (κ2) is 9.47. The van der Waals surface area contributed by atoms with Crippen molar-refractivity contribution in [3.05, 3.63) is 0 Å². The molecule has 0 aromatic carbocycles. The first kappa shape index (κ1) is 13.9. The Morgan fingerprint density at radius 2 is 1.86 bits per heavy atom. The lowest BCUT2D eigenvalue weighted by Gasteiger charge is -2.24. The summed E-state index contributed by atoms with van der Waals surface area (Å²) in [6.45, 7) is 7.70. The normalized spacial score (nSPS) is 15.4. The first-order valence-corrected chi connectivity index (χ1v) is 6.02. The van der Waals surface area contributed by atoms with Gasteiger partial charge in [0, 0.05) is 13.2 Å². The van der Waals surface area contributed by atoms with Crippen molar-refractivity contribution in [1.82, 2.24) is 5.32 Å². The molecule has 0 aromatic rings. The number of ether oxygens (including phenoxy) is 1. The van der Waals surface area contributed by atoms with Crippen molar-refractivity contribution in [2.24, 2.45) is 0 Å². The van der Waals surface area contributed by atoms with Crippen LogP contribution in [-0.2, 0) is 4.74 Å². The number of methoxy groups -OCH3 is 1. The van der Waals surface area contributed by atoms with Crippen LogP contribution in [0.4, 0.5) is 0 Å². The summed E-state index contributed by atoms with van der Waals surface area (Å²) in [5, 5.41) is 3.55. The number of nitrogens with one attached hydrogen (secondary N) is 1.